The van der Waals surface area contributed by atoms with Crippen molar-refractivity contribution in [1.29, 1.82) is 0 Å². The molecular weight excluding hydrogens is 568 g/mol. The number of methoxy groups -OCH3 is 1. The molecule has 2 aliphatic rings. The van der Waals surface area contributed by atoms with Crippen LogP contribution in [0.25, 0.3) is 0 Å². The zero-order chi connectivity index (χ0) is 33.4. The highest BCUT2D eigenvalue weighted by molar-refractivity contribution is 6.00. The second-order valence-corrected chi connectivity index (χ2v) is 13.8. The van der Waals surface area contributed by atoms with E-state index in [-0.39, 0.29) is 49.5 Å². The number of hydrogen-bond acceptors (Lipinski definition) is 11. The molecule has 2 aliphatic heterocycles. The van der Waals surface area contributed by atoms with Gasteiger partial charge in [-0.2, -0.15) is 0 Å². The Morgan fingerprint density at radius 3 is 2.34 bits per heavy atom. The number of Topliss-reactive ketones (excluding diaryl/α,β-unsaturated/α-hetero) is 1. The van der Waals surface area contributed by atoms with E-state index in [2.05, 4.69) is 18.9 Å². The van der Waals surface area contributed by atoms with Gasteiger partial charge in [0.25, 0.3) is 0 Å². The predicted octanol–water partition coefficient (Wildman–Crippen LogP) is 1.34. The Kier molecular flexibility index (Phi) is 15.1. The molecule has 9 atom stereocenters. The van der Waals surface area contributed by atoms with Crippen LogP contribution >= 0.6 is 0 Å². The molecule has 256 valence electrons. The lowest BCUT2D eigenvalue weighted by Crippen LogP contribution is -2.59. The maximum absolute atomic E-state index is 13.9. The predicted molar refractivity (Wildman–Crippen MR) is 168 cm³/mol. The molecule has 1 N–H and O–H groups in total. The van der Waals surface area contributed by atoms with E-state index in [1.54, 1.807) is 25.9 Å². The van der Waals surface area contributed by atoms with Crippen molar-refractivity contribution in [2.45, 2.75) is 90.1 Å². The van der Waals surface area contributed by atoms with E-state index in [9.17, 15) is 19.5 Å². The molecule has 0 radical (unpaired) electrons. The summed E-state index contributed by atoms with van der Waals surface area (Å²) in [5.74, 6) is -2.73. The number of aliphatic hydroxyl groups is 1. The van der Waals surface area contributed by atoms with Gasteiger partial charge in [-0.25, -0.2) is 0 Å². The van der Waals surface area contributed by atoms with Crippen LogP contribution in [0.4, 0.5) is 0 Å². The number of carbonyl (C=O) groups is 3. The van der Waals surface area contributed by atoms with Crippen molar-refractivity contribution < 1.29 is 38.4 Å². The first kappa shape index (κ1) is 38.5. The second kappa shape index (κ2) is 17.3. The molecule has 0 bridgehead atoms. The fourth-order valence-corrected chi connectivity index (χ4v) is 6.59. The molecule has 0 aromatic carbocycles. The number of aliphatic hydroxyl groups excluding tert-OH is 1. The number of nitrogens with zero attached hydrogens (tertiary/aromatic N) is 4. The minimum absolute atomic E-state index is 0.00148. The third-order valence-electron chi connectivity index (χ3n) is 9.06. The molecule has 44 heavy (non-hydrogen) atoms. The van der Waals surface area contributed by atoms with Crippen molar-refractivity contribution in [3.63, 3.8) is 0 Å². The summed E-state index contributed by atoms with van der Waals surface area (Å²) in [4.78, 5) is 47.6. The highest BCUT2D eigenvalue weighted by Crippen LogP contribution is 2.36. The number of cyclic esters (lactones) is 1. The molecule has 0 spiro atoms. The molecule has 0 aliphatic carbocycles. The van der Waals surface area contributed by atoms with E-state index in [4.69, 9.17) is 18.9 Å². The van der Waals surface area contributed by atoms with Crippen LogP contribution in [0.1, 0.15) is 53.9 Å². The first-order valence-electron chi connectivity index (χ1n) is 16.0. The van der Waals surface area contributed by atoms with Crippen molar-refractivity contribution in [3.8, 4) is 0 Å². The van der Waals surface area contributed by atoms with Crippen LogP contribution in [0.3, 0.4) is 0 Å². The molecule has 2 rings (SSSR count). The van der Waals surface area contributed by atoms with Crippen LogP contribution in [-0.2, 0) is 33.3 Å². The van der Waals surface area contributed by atoms with E-state index >= 15 is 0 Å². The Labute approximate surface area is 265 Å². The number of ether oxygens (including phenoxy) is 4. The summed E-state index contributed by atoms with van der Waals surface area (Å²) in [6.45, 7) is 11.9. The molecular formula is C32H60N4O8. The minimum Gasteiger partial charge on any atom is -0.463 e. The smallest absolute Gasteiger partial charge is 0.316 e. The summed E-state index contributed by atoms with van der Waals surface area (Å²) in [7, 11) is 11.2. The molecule has 2 fully saturated rings. The molecule has 1 amide bonds. The summed E-state index contributed by atoms with van der Waals surface area (Å²) in [5, 5.41) is 11.3. The SMILES string of the molecule is CO[C@]1(C)C[C@@H](C)CN(C)CCCN(C(=O)CN(C)C)CCOC(=O)C(C)C(=O)[C@H](C)[C@H]1O[C@@H]1O[C@H](C)C[C@H](N(C)C)[C@H]1O. The maximum Gasteiger partial charge on any atom is 0.316 e. The molecule has 2 saturated heterocycles. The standard InChI is InChI=1S/C32H60N4O8/c1-21-18-32(5,41-11)29(44-31-28(39)25(34(8)9)17-22(2)43-31)23(3)27(38)24(4)30(40)42-16-15-36(26(37)20-33(6)7)14-12-13-35(10)19-21/h21-25,28-29,31,39H,12-20H2,1-11H3/t21-,22-,23+,24?,25+,28-,29-,31+,32-/m1/s1. The summed E-state index contributed by atoms with van der Waals surface area (Å²) in [5.41, 5.74) is -0.945. The monoisotopic (exact) mass is 628 g/mol. The largest absolute Gasteiger partial charge is 0.463 e. The van der Waals surface area contributed by atoms with Crippen molar-refractivity contribution in [2.75, 3.05) is 81.7 Å². The van der Waals surface area contributed by atoms with Crippen molar-refractivity contribution >= 4 is 17.7 Å². The molecule has 2 heterocycles. The molecule has 1 unspecified atom stereocenters. The zero-order valence-electron chi connectivity index (χ0n) is 29.1. The first-order chi connectivity index (χ1) is 20.5. The van der Waals surface area contributed by atoms with Gasteiger partial charge < -0.3 is 43.7 Å². The van der Waals surface area contributed by atoms with Gasteiger partial charge in [-0.3, -0.25) is 14.4 Å². The number of carbonyl (C=O) groups excluding carboxylic acids is 3. The van der Waals surface area contributed by atoms with Gasteiger partial charge in [0.2, 0.25) is 5.91 Å². The number of esters is 1. The van der Waals surface area contributed by atoms with Crippen molar-refractivity contribution in [3.05, 3.63) is 0 Å². The van der Waals surface area contributed by atoms with Gasteiger partial charge in [0, 0.05) is 32.2 Å². The zero-order valence-corrected chi connectivity index (χ0v) is 29.1. The topological polar surface area (TPSA) is 121 Å². The Bertz CT molecular complexity index is 936. The molecule has 0 aromatic rings. The number of rotatable bonds is 6. The lowest BCUT2D eigenvalue weighted by atomic mass is 9.78. The fourth-order valence-electron chi connectivity index (χ4n) is 6.59. The Hall–Kier alpha value is -1.67. The van der Waals surface area contributed by atoms with Crippen LogP contribution in [0.15, 0.2) is 0 Å². The van der Waals surface area contributed by atoms with Crippen LogP contribution in [-0.4, -0.2) is 160 Å². The molecule has 12 heteroatoms. The van der Waals surface area contributed by atoms with Crippen LogP contribution < -0.4 is 0 Å². The Balaban J connectivity index is 2.41. The van der Waals surface area contributed by atoms with Crippen molar-refractivity contribution in [2.24, 2.45) is 17.8 Å². The minimum atomic E-state index is -1.06. The normalized spacial score (nSPS) is 36.4. The third-order valence-corrected chi connectivity index (χ3v) is 9.06. The summed E-state index contributed by atoms with van der Waals surface area (Å²) >= 11 is 0. The summed E-state index contributed by atoms with van der Waals surface area (Å²) in [6.07, 6.45) is -0.977. The highest BCUT2D eigenvalue weighted by Gasteiger charge is 2.48. The lowest BCUT2D eigenvalue weighted by molar-refractivity contribution is -0.295. The van der Waals surface area contributed by atoms with Crippen molar-refractivity contribution in [1.82, 2.24) is 19.6 Å². The number of amides is 1. The van der Waals surface area contributed by atoms with Gasteiger partial charge in [-0.1, -0.05) is 13.8 Å². The second-order valence-electron chi connectivity index (χ2n) is 13.8. The summed E-state index contributed by atoms with van der Waals surface area (Å²) in [6, 6.07) is -0.190. The number of hydrogen-bond donors (Lipinski definition) is 1. The van der Waals surface area contributed by atoms with E-state index in [1.165, 1.54) is 0 Å². The van der Waals surface area contributed by atoms with Gasteiger partial charge in [0.1, 0.15) is 18.6 Å². The van der Waals surface area contributed by atoms with Gasteiger partial charge in [0.05, 0.1) is 30.9 Å². The van der Waals surface area contributed by atoms with Crippen LogP contribution in [0.2, 0.25) is 0 Å². The maximum atomic E-state index is 13.9. The van der Waals surface area contributed by atoms with E-state index in [1.807, 2.05) is 51.8 Å². The van der Waals surface area contributed by atoms with E-state index < -0.39 is 41.9 Å². The quantitative estimate of drug-likeness (QED) is 0.339. The molecule has 0 aromatic heterocycles. The fraction of sp³-hybridized carbons (Fsp3) is 0.906. The van der Waals surface area contributed by atoms with E-state index in [0.29, 0.717) is 19.4 Å². The number of likely N-dealkylation sites (N-methyl/N-ethyl adjacent to an activating group) is 2. The molecule has 12 nitrogen and oxygen atoms in total. The van der Waals surface area contributed by atoms with Gasteiger partial charge in [-0.05, 0) is 87.7 Å². The third kappa shape index (κ3) is 10.7. The highest BCUT2D eigenvalue weighted by atomic mass is 16.7. The van der Waals surface area contributed by atoms with E-state index in [0.717, 1.165) is 19.5 Å². The van der Waals surface area contributed by atoms with Gasteiger partial charge in [-0.15, -0.1) is 0 Å². The lowest BCUT2D eigenvalue weighted by Gasteiger charge is -2.46. The Morgan fingerprint density at radius 2 is 1.75 bits per heavy atom. The van der Waals surface area contributed by atoms with Crippen LogP contribution in [0, 0.1) is 17.8 Å². The van der Waals surface area contributed by atoms with Crippen LogP contribution in [0.5, 0.6) is 0 Å². The first-order valence-corrected chi connectivity index (χ1v) is 16.0. The van der Waals surface area contributed by atoms with Gasteiger partial charge >= 0.3 is 5.97 Å². The summed E-state index contributed by atoms with van der Waals surface area (Å²) < 4.78 is 24.4. The van der Waals surface area contributed by atoms with Gasteiger partial charge in [0.15, 0.2) is 12.1 Å². The Morgan fingerprint density at radius 1 is 1.09 bits per heavy atom. The number of ketones is 1. The average Bonchev–Trinajstić information content (AvgIpc) is 2.93. The molecule has 0 saturated carbocycles. The average molecular weight is 629 g/mol.